The summed E-state index contributed by atoms with van der Waals surface area (Å²) in [6, 6.07) is 2.76. The van der Waals surface area contributed by atoms with Crippen molar-refractivity contribution in [2.45, 2.75) is 30.1 Å². The average Bonchev–Trinajstić information content (AvgIpc) is 2.79. The molecule has 2 heterocycles. The summed E-state index contributed by atoms with van der Waals surface area (Å²) in [6.45, 7) is 3.65. The van der Waals surface area contributed by atoms with Gasteiger partial charge >= 0.3 is 11.4 Å². The number of nitro groups is 1. The molecule has 10 heteroatoms. The van der Waals surface area contributed by atoms with E-state index in [0.29, 0.717) is 11.0 Å². The predicted molar refractivity (Wildman–Crippen MR) is 77.8 cm³/mol. The number of hydrogen-bond acceptors (Lipinski definition) is 7. The van der Waals surface area contributed by atoms with E-state index in [1.807, 2.05) is 13.8 Å². The van der Waals surface area contributed by atoms with Crippen LogP contribution in [0.25, 0.3) is 0 Å². The summed E-state index contributed by atoms with van der Waals surface area (Å²) in [5, 5.41) is 20.6. The van der Waals surface area contributed by atoms with Crippen LogP contribution in [0.15, 0.2) is 27.1 Å². The van der Waals surface area contributed by atoms with Crippen molar-refractivity contribution in [2.24, 2.45) is 0 Å². The van der Waals surface area contributed by atoms with Gasteiger partial charge < -0.3 is 5.32 Å². The second-order valence-corrected chi connectivity index (χ2v) is 5.36. The molecule has 9 nitrogen and oxygen atoms in total. The fraction of sp³-hybridized carbons (Fsp3) is 0.364. The summed E-state index contributed by atoms with van der Waals surface area (Å²) in [7, 11) is 1.67. The van der Waals surface area contributed by atoms with Crippen molar-refractivity contribution in [3.8, 4) is 0 Å². The zero-order valence-corrected chi connectivity index (χ0v) is 12.5. The maximum atomic E-state index is 11.7. The van der Waals surface area contributed by atoms with E-state index < -0.39 is 4.92 Å². The van der Waals surface area contributed by atoms with Crippen molar-refractivity contribution in [2.75, 3.05) is 12.4 Å². The zero-order valence-electron chi connectivity index (χ0n) is 11.7. The van der Waals surface area contributed by atoms with Crippen LogP contribution in [0.2, 0.25) is 0 Å². The predicted octanol–water partition coefficient (Wildman–Crippen LogP) is 1.65. The van der Waals surface area contributed by atoms with Gasteiger partial charge in [0.1, 0.15) is 5.82 Å². The van der Waals surface area contributed by atoms with Crippen LogP contribution in [-0.2, 0) is 0 Å². The smallest absolute Gasteiger partial charge is 0.344 e. The summed E-state index contributed by atoms with van der Waals surface area (Å²) in [6.07, 6.45) is 0. The lowest BCUT2D eigenvalue weighted by atomic mass is 10.4. The number of anilines is 1. The molecule has 0 unspecified atom stereocenters. The Morgan fingerprint density at radius 3 is 2.76 bits per heavy atom. The van der Waals surface area contributed by atoms with Gasteiger partial charge in [-0.15, -0.1) is 5.10 Å². The summed E-state index contributed by atoms with van der Waals surface area (Å²) < 4.78 is 1.42. The van der Waals surface area contributed by atoms with Gasteiger partial charge in [-0.05, 0) is 31.7 Å². The molecule has 2 N–H and O–H groups in total. The molecule has 0 saturated carbocycles. The van der Waals surface area contributed by atoms with Gasteiger partial charge in [-0.25, -0.2) is 14.9 Å². The Kier molecular flexibility index (Phi) is 4.26. The summed E-state index contributed by atoms with van der Waals surface area (Å²) in [5.74, 6) is 0.497. The first-order valence-corrected chi connectivity index (χ1v) is 6.93. The van der Waals surface area contributed by atoms with E-state index in [1.54, 1.807) is 7.05 Å². The molecule has 0 aliphatic heterocycles. The van der Waals surface area contributed by atoms with Gasteiger partial charge in [0, 0.05) is 19.2 Å². The lowest BCUT2D eigenvalue weighted by Gasteiger charge is -2.08. The third-order valence-corrected chi connectivity index (χ3v) is 3.63. The van der Waals surface area contributed by atoms with Crippen molar-refractivity contribution in [3.05, 3.63) is 32.7 Å². The van der Waals surface area contributed by atoms with Crippen molar-refractivity contribution >= 4 is 23.3 Å². The first-order chi connectivity index (χ1) is 9.93. The SMILES string of the molecule is CNc1ccc([N+](=O)[O-])c(Sc2n[nH]c(=O)n2C(C)C)n1. The van der Waals surface area contributed by atoms with Gasteiger partial charge in [-0.3, -0.25) is 14.7 Å². The number of rotatable bonds is 5. The highest BCUT2D eigenvalue weighted by molar-refractivity contribution is 7.99. The molecule has 0 radical (unpaired) electrons. The Morgan fingerprint density at radius 2 is 2.19 bits per heavy atom. The van der Waals surface area contributed by atoms with E-state index in [4.69, 9.17) is 0 Å². The highest BCUT2D eigenvalue weighted by Crippen LogP contribution is 2.33. The zero-order chi connectivity index (χ0) is 15.6. The molecule has 0 fully saturated rings. The lowest BCUT2D eigenvalue weighted by molar-refractivity contribution is -0.388. The van der Waals surface area contributed by atoms with Gasteiger partial charge in [0.2, 0.25) is 0 Å². The van der Waals surface area contributed by atoms with E-state index in [1.165, 1.54) is 16.7 Å². The first-order valence-electron chi connectivity index (χ1n) is 6.12. The van der Waals surface area contributed by atoms with Crippen LogP contribution in [0.3, 0.4) is 0 Å². The Balaban J connectivity index is 2.48. The molecule has 21 heavy (non-hydrogen) atoms. The maximum Gasteiger partial charge on any atom is 0.344 e. The normalized spacial score (nSPS) is 10.9. The molecule has 0 aliphatic carbocycles. The van der Waals surface area contributed by atoms with Crippen LogP contribution >= 0.6 is 11.8 Å². The molecule has 2 rings (SSSR count). The second kappa shape index (κ2) is 5.95. The van der Waals surface area contributed by atoms with Crippen LogP contribution < -0.4 is 11.0 Å². The number of aromatic nitrogens is 4. The number of hydrogen-bond donors (Lipinski definition) is 2. The summed E-state index contributed by atoms with van der Waals surface area (Å²) in [4.78, 5) is 26.4. The molecule has 2 aromatic rings. The maximum absolute atomic E-state index is 11.7. The Bertz CT molecular complexity index is 723. The van der Waals surface area contributed by atoms with E-state index in [2.05, 4.69) is 20.5 Å². The molecule has 0 atom stereocenters. The standard InChI is InChI=1S/C11H14N6O3S/c1-6(2)16-10(18)14-15-11(16)21-9-7(17(19)20)4-5-8(12-3)13-9/h4-6H,1-3H3,(H,12,13)(H,14,18). The van der Waals surface area contributed by atoms with Gasteiger partial charge in [-0.2, -0.15) is 0 Å². The third kappa shape index (κ3) is 3.05. The minimum absolute atomic E-state index is 0.120. The molecule has 0 saturated heterocycles. The molecule has 0 spiro atoms. The Morgan fingerprint density at radius 1 is 1.48 bits per heavy atom. The molecule has 0 bridgehead atoms. The van der Waals surface area contributed by atoms with Gasteiger partial charge in [0.25, 0.3) is 0 Å². The van der Waals surface area contributed by atoms with Crippen molar-refractivity contribution in [1.82, 2.24) is 19.7 Å². The van der Waals surface area contributed by atoms with E-state index in [9.17, 15) is 14.9 Å². The minimum Gasteiger partial charge on any atom is -0.373 e. The van der Waals surface area contributed by atoms with E-state index >= 15 is 0 Å². The molecule has 112 valence electrons. The second-order valence-electron chi connectivity index (χ2n) is 4.41. The molecular formula is C11H14N6O3S. The fourth-order valence-corrected chi connectivity index (χ4v) is 2.74. The Hall–Kier alpha value is -2.36. The van der Waals surface area contributed by atoms with Crippen molar-refractivity contribution < 1.29 is 4.92 Å². The highest BCUT2D eigenvalue weighted by atomic mass is 32.2. The van der Waals surface area contributed by atoms with Crippen LogP contribution in [0.5, 0.6) is 0 Å². The topological polar surface area (TPSA) is 119 Å². The third-order valence-electron chi connectivity index (χ3n) is 2.67. The molecule has 0 amide bonds. The van der Waals surface area contributed by atoms with Crippen molar-refractivity contribution in [1.29, 1.82) is 0 Å². The number of nitrogens with one attached hydrogen (secondary N) is 2. The average molecular weight is 310 g/mol. The largest absolute Gasteiger partial charge is 0.373 e. The van der Waals surface area contributed by atoms with Gasteiger partial charge in [0.15, 0.2) is 10.2 Å². The van der Waals surface area contributed by atoms with E-state index in [0.717, 1.165) is 11.8 Å². The Labute approximate surface area is 123 Å². The van der Waals surface area contributed by atoms with Gasteiger partial charge in [-0.1, -0.05) is 0 Å². The van der Waals surface area contributed by atoms with Crippen LogP contribution in [0, 0.1) is 10.1 Å². The molecule has 0 aromatic carbocycles. The molecule has 0 aliphatic rings. The first kappa shape index (κ1) is 15.0. The van der Waals surface area contributed by atoms with Crippen LogP contribution in [0.4, 0.5) is 11.5 Å². The lowest BCUT2D eigenvalue weighted by Crippen LogP contribution is -2.19. The van der Waals surface area contributed by atoms with Crippen molar-refractivity contribution in [3.63, 3.8) is 0 Å². The van der Waals surface area contributed by atoms with E-state index in [-0.39, 0.29) is 22.4 Å². The minimum atomic E-state index is -0.515. The highest BCUT2D eigenvalue weighted by Gasteiger charge is 2.21. The number of H-pyrrole nitrogens is 1. The van der Waals surface area contributed by atoms with Crippen LogP contribution in [-0.4, -0.2) is 31.7 Å². The van der Waals surface area contributed by atoms with Gasteiger partial charge in [0.05, 0.1) is 4.92 Å². The quantitative estimate of drug-likeness (QED) is 0.636. The van der Waals surface area contributed by atoms with Crippen LogP contribution in [0.1, 0.15) is 19.9 Å². The number of nitrogens with zero attached hydrogens (tertiary/aromatic N) is 4. The number of aromatic amines is 1. The summed E-state index contributed by atoms with van der Waals surface area (Å²) in [5.41, 5.74) is -0.496. The summed E-state index contributed by atoms with van der Waals surface area (Å²) >= 11 is 0.976. The fourth-order valence-electron chi connectivity index (χ4n) is 1.69. The molecule has 2 aromatic heterocycles. The number of pyridine rings is 1. The monoisotopic (exact) mass is 310 g/mol. The molecular weight excluding hydrogens is 296 g/mol.